The maximum atomic E-state index is 11.5. The second kappa shape index (κ2) is 8.39. The number of hydrogen-bond donors (Lipinski definition) is 0. The number of hydrogen-bond acceptors (Lipinski definition) is 6. The molecule has 0 radical (unpaired) electrons. The Balaban J connectivity index is 1.60. The molecule has 0 atom stereocenters. The van der Waals surface area contributed by atoms with Crippen LogP contribution in [0.25, 0.3) is 0 Å². The normalized spacial score (nSPS) is 15.4. The van der Waals surface area contributed by atoms with Gasteiger partial charge in [-0.15, -0.1) is 0 Å². The van der Waals surface area contributed by atoms with Gasteiger partial charge in [-0.05, 0) is 5.56 Å². The van der Waals surface area contributed by atoms with Crippen LogP contribution in [0, 0.1) is 0 Å². The van der Waals surface area contributed by atoms with Gasteiger partial charge in [0.15, 0.2) is 0 Å². The maximum absolute atomic E-state index is 11.5. The molecule has 114 valence electrons. The van der Waals surface area contributed by atoms with E-state index in [-0.39, 0.29) is 26.2 Å². The largest absolute Gasteiger partial charge is 0.461 e. The molecule has 0 aromatic heterocycles. The van der Waals surface area contributed by atoms with Crippen LogP contribution in [0.2, 0.25) is 0 Å². The van der Waals surface area contributed by atoms with E-state index in [1.54, 1.807) is 0 Å². The van der Waals surface area contributed by atoms with Crippen molar-refractivity contribution in [3.8, 4) is 0 Å². The SMILES string of the molecule is O=C(CCC(=O)OC1COCOC1)OCc1ccccc1. The Morgan fingerprint density at radius 3 is 2.43 bits per heavy atom. The monoisotopic (exact) mass is 294 g/mol. The summed E-state index contributed by atoms with van der Waals surface area (Å²) in [5.41, 5.74) is 0.907. The van der Waals surface area contributed by atoms with E-state index in [1.165, 1.54) is 0 Å². The van der Waals surface area contributed by atoms with Crippen LogP contribution in [-0.2, 0) is 35.1 Å². The molecule has 21 heavy (non-hydrogen) atoms. The Morgan fingerprint density at radius 1 is 1.05 bits per heavy atom. The van der Waals surface area contributed by atoms with Crippen LogP contribution in [-0.4, -0.2) is 38.0 Å². The van der Waals surface area contributed by atoms with Gasteiger partial charge in [-0.3, -0.25) is 9.59 Å². The first-order chi connectivity index (χ1) is 10.2. The zero-order valence-electron chi connectivity index (χ0n) is 11.7. The summed E-state index contributed by atoms with van der Waals surface area (Å²) in [5.74, 6) is -0.877. The molecular formula is C15H18O6. The van der Waals surface area contributed by atoms with Gasteiger partial charge in [0, 0.05) is 0 Å². The summed E-state index contributed by atoms with van der Waals surface area (Å²) in [6.45, 7) is 1.08. The van der Waals surface area contributed by atoms with E-state index in [9.17, 15) is 9.59 Å². The van der Waals surface area contributed by atoms with Crippen LogP contribution < -0.4 is 0 Å². The summed E-state index contributed by atoms with van der Waals surface area (Å²) in [6.07, 6.45) is -0.406. The second-order valence-corrected chi connectivity index (χ2v) is 4.62. The predicted octanol–water partition coefficient (Wildman–Crippen LogP) is 1.43. The van der Waals surface area contributed by atoms with Crippen molar-refractivity contribution < 1.29 is 28.5 Å². The molecule has 0 bridgehead atoms. The van der Waals surface area contributed by atoms with Crippen LogP contribution in [0.1, 0.15) is 18.4 Å². The average Bonchev–Trinajstić information content (AvgIpc) is 2.53. The molecule has 0 unspecified atom stereocenters. The van der Waals surface area contributed by atoms with Crippen LogP contribution in [0.15, 0.2) is 30.3 Å². The molecule has 0 amide bonds. The standard InChI is InChI=1S/C15H18O6/c16-14(20-8-12-4-2-1-3-5-12)6-7-15(17)21-13-9-18-11-19-10-13/h1-5,13H,6-11H2. The second-order valence-electron chi connectivity index (χ2n) is 4.62. The third-order valence-electron chi connectivity index (χ3n) is 2.85. The number of esters is 2. The van der Waals surface area contributed by atoms with Gasteiger partial charge >= 0.3 is 11.9 Å². The van der Waals surface area contributed by atoms with Crippen molar-refractivity contribution in [3.05, 3.63) is 35.9 Å². The van der Waals surface area contributed by atoms with E-state index in [0.717, 1.165) is 5.56 Å². The lowest BCUT2D eigenvalue weighted by molar-refractivity contribution is -0.183. The van der Waals surface area contributed by atoms with Gasteiger partial charge in [0.05, 0.1) is 26.1 Å². The van der Waals surface area contributed by atoms with Crippen molar-refractivity contribution in [2.45, 2.75) is 25.6 Å². The van der Waals surface area contributed by atoms with Gasteiger partial charge in [-0.1, -0.05) is 30.3 Å². The molecule has 1 fully saturated rings. The first-order valence-electron chi connectivity index (χ1n) is 6.78. The lowest BCUT2D eigenvalue weighted by Crippen LogP contribution is -2.33. The van der Waals surface area contributed by atoms with Crippen LogP contribution in [0.3, 0.4) is 0 Å². The molecule has 1 aliphatic rings. The van der Waals surface area contributed by atoms with Gasteiger partial charge in [0.1, 0.15) is 19.5 Å². The Labute approximate surface area is 122 Å². The molecule has 1 aromatic rings. The zero-order valence-corrected chi connectivity index (χ0v) is 11.7. The average molecular weight is 294 g/mol. The highest BCUT2D eigenvalue weighted by Crippen LogP contribution is 2.06. The Hall–Kier alpha value is -1.92. The smallest absolute Gasteiger partial charge is 0.306 e. The minimum Gasteiger partial charge on any atom is -0.461 e. The van der Waals surface area contributed by atoms with Crippen molar-refractivity contribution in [3.63, 3.8) is 0 Å². The van der Waals surface area contributed by atoms with E-state index in [4.69, 9.17) is 18.9 Å². The van der Waals surface area contributed by atoms with Gasteiger partial charge in [0.25, 0.3) is 0 Å². The molecule has 2 rings (SSSR count). The van der Waals surface area contributed by atoms with Crippen molar-refractivity contribution in [2.24, 2.45) is 0 Å². The highest BCUT2D eigenvalue weighted by molar-refractivity contribution is 5.77. The minimum absolute atomic E-state index is 0.000100. The van der Waals surface area contributed by atoms with Crippen LogP contribution >= 0.6 is 0 Å². The first kappa shape index (κ1) is 15.5. The molecule has 1 saturated heterocycles. The number of carbonyl (C=O) groups is 2. The summed E-state index contributed by atoms with van der Waals surface area (Å²) in [5, 5.41) is 0. The molecule has 0 spiro atoms. The van der Waals surface area contributed by atoms with Crippen molar-refractivity contribution >= 4 is 11.9 Å². The number of ether oxygens (including phenoxy) is 4. The summed E-state index contributed by atoms with van der Waals surface area (Å²) >= 11 is 0. The number of rotatable bonds is 6. The number of carbonyl (C=O) groups excluding carboxylic acids is 2. The third kappa shape index (κ3) is 5.93. The van der Waals surface area contributed by atoms with Gasteiger partial charge in [-0.25, -0.2) is 0 Å². The summed E-state index contributed by atoms with van der Waals surface area (Å²) in [6, 6.07) is 9.36. The Morgan fingerprint density at radius 2 is 1.71 bits per heavy atom. The first-order valence-corrected chi connectivity index (χ1v) is 6.78. The molecule has 0 N–H and O–H groups in total. The molecule has 6 nitrogen and oxygen atoms in total. The molecule has 1 aliphatic heterocycles. The Bertz CT molecular complexity index is 452. The highest BCUT2D eigenvalue weighted by atomic mass is 16.7. The lowest BCUT2D eigenvalue weighted by atomic mass is 10.2. The van der Waals surface area contributed by atoms with Crippen molar-refractivity contribution in [1.82, 2.24) is 0 Å². The summed E-state index contributed by atoms with van der Waals surface area (Å²) in [4.78, 5) is 23.1. The Kier molecular flexibility index (Phi) is 6.18. The molecule has 1 aromatic carbocycles. The zero-order chi connectivity index (χ0) is 14.9. The van der Waals surface area contributed by atoms with E-state index in [2.05, 4.69) is 0 Å². The highest BCUT2D eigenvalue weighted by Gasteiger charge is 2.19. The van der Waals surface area contributed by atoms with Crippen molar-refractivity contribution in [2.75, 3.05) is 20.0 Å². The van der Waals surface area contributed by atoms with Gasteiger partial charge < -0.3 is 18.9 Å². The van der Waals surface area contributed by atoms with Crippen molar-refractivity contribution in [1.29, 1.82) is 0 Å². The molecule has 1 heterocycles. The van der Waals surface area contributed by atoms with E-state index < -0.39 is 18.0 Å². The fourth-order valence-electron chi connectivity index (χ4n) is 1.79. The van der Waals surface area contributed by atoms with E-state index in [0.29, 0.717) is 13.2 Å². The topological polar surface area (TPSA) is 71.1 Å². The molecule has 0 saturated carbocycles. The fraction of sp³-hybridized carbons (Fsp3) is 0.467. The third-order valence-corrected chi connectivity index (χ3v) is 2.85. The maximum Gasteiger partial charge on any atom is 0.306 e. The fourth-order valence-corrected chi connectivity index (χ4v) is 1.79. The summed E-state index contributed by atoms with van der Waals surface area (Å²) < 4.78 is 20.2. The molecule has 6 heteroatoms. The lowest BCUT2D eigenvalue weighted by Gasteiger charge is -2.22. The van der Waals surface area contributed by atoms with E-state index in [1.807, 2.05) is 30.3 Å². The summed E-state index contributed by atoms with van der Waals surface area (Å²) in [7, 11) is 0. The minimum atomic E-state index is -0.453. The quantitative estimate of drug-likeness (QED) is 0.739. The van der Waals surface area contributed by atoms with Gasteiger partial charge in [0.2, 0.25) is 0 Å². The number of benzene rings is 1. The molecule has 0 aliphatic carbocycles. The predicted molar refractivity (Wildman–Crippen MR) is 72.1 cm³/mol. The van der Waals surface area contributed by atoms with Crippen LogP contribution in [0.5, 0.6) is 0 Å². The van der Waals surface area contributed by atoms with E-state index >= 15 is 0 Å². The molecular weight excluding hydrogens is 276 g/mol. The van der Waals surface area contributed by atoms with Gasteiger partial charge in [-0.2, -0.15) is 0 Å². The van der Waals surface area contributed by atoms with Crippen LogP contribution in [0.4, 0.5) is 0 Å².